The molecule has 0 aliphatic heterocycles. The van der Waals surface area contributed by atoms with Crippen molar-refractivity contribution in [2.45, 2.75) is 12.0 Å². The molecule has 0 spiro atoms. The van der Waals surface area contributed by atoms with Crippen molar-refractivity contribution in [1.29, 1.82) is 0 Å². The first-order valence-electron chi connectivity index (χ1n) is 8.10. The summed E-state index contributed by atoms with van der Waals surface area (Å²) in [5.41, 5.74) is 5.99. The highest BCUT2D eigenvalue weighted by Gasteiger charge is 2.26. The fourth-order valence-electron chi connectivity index (χ4n) is 2.25. The number of amides is 2. The van der Waals surface area contributed by atoms with Crippen LogP contribution in [0.1, 0.15) is 26.5 Å². The maximum absolute atomic E-state index is 12.6. The van der Waals surface area contributed by atoms with Crippen LogP contribution >= 0.6 is 12.4 Å². The molecule has 0 saturated heterocycles. The first-order valence-corrected chi connectivity index (χ1v) is 9.54. The number of anilines is 1. The van der Waals surface area contributed by atoms with Crippen LogP contribution in [0.4, 0.5) is 5.69 Å². The lowest BCUT2D eigenvalue weighted by atomic mass is 10.1. The van der Waals surface area contributed by atoms with Gasteiger partial charge in [-0.3, -0.25) is 9.59 Å². The molecule has 154 valence electrons. The van der Waals surface area contributed by atoms with Crippen molar-refractivity contribution >= 4 is 39.9 Å². The smallest absolute Gasteiger partial charge is 0.275 e. The van der Waals surface area contributed by atoms with Gasteiger partial charge in [0.15, 0.2) is 0 Å². The molecule has 0 bridgehead atoms. The van der Waals surface area contributed by atoms with Crippen LogP contribution < -0.4 is 16.4 Å². The lowest BCUT2D eigenvalue weighted by Crippen LogP contribution is -2.30. The highest BCUT2D eigenvalue weighted by atomic mass is 35.5. The molecule has 0 fully saturated rings. The van der Waals surface area contributed by atoms with E-state index in [9.17, 15) is 18.0 Å². The lowest BCUT2D eigenvalue weighted by Gasteiger charge is -2.10. The van der Waals surface area contributed by atoms with E-state index in [1.54, 1.807) is 24.3 Å². The Morgan fingerprint density at radius 1 is 1.14 bits per heavy atom. The molecule has 28 heavy (non-hydrogen) atoms. The minimum Gasteiger partial charge on any atom is -0.448 e. The van der Waals surface area contributed by atoms with Crippen molar-refractivity contribution in [3.63, 3.8) is 0 Å². The van der Waals surface area contributed by atoms with Crippen LogP contribution in [0.15, 0.2) is 39.8 Å². The van der Waals surface area contributed by atoms with Gasteiger partial charge in [-0.1, -0.05) is 12.1 Å². The summed E-state index contributed by atoms with van der Waals surface area (Å²) >= 11 is 0. The summed E-state index contributed by atoms with van der Waals surface area (Å²) in [7, 11) is -1.08. The van der Waals surface area contributed by atoms with Crippen molar-refractivity contribution in [3.05, 3.63) is 47.2 Å². The summed E-state index contributed by atoms with van der Waals surface area (Å²) in [6.07, 6.45) is 0. The number of benzene rings is 1. The van der Waals surface area contributed by atoms with Crippen LogP contribution in [-0.4, -0.2) is 51.7 Å². The van der Waals surface area contributed by atoms with Crippen molar-refractivity contribution in [2.24, 2.45) is 5.73 Å². The third kappa shape index (κ3) is 5.10. The minimum absolute atomic E-state index is 0. The molecule has 0 radical (unpaired) electrons. The number of para-hydroxylation sites is 1. The Balaban J connectivity index is 0.00000392. The zero-order chi connectivity index (χ0) is 20.2. The third-order valence-electron chi connectivity index (χ3n) is 3.72. The average molecular weight is 431 g/mol. The number of nitrogens with zero attached hydrogens (tertiary/aromatic N) is 1. The van der Waals surface area contributed by atoms with Gasteiger partial charge in [0.1, 0.15) is 5.76 Å². The Labute approximate surface area is 169 Å². The van der Waals surface area contributed by atoms with Crippen molar-refractivity contribution in [2.75, 3.05) is 32.5 Å². The standard InChI is InChI=1S/C17H22N4O5S.ClH/c1-11-13(10-15(26-11)27(24,25)21(2)3)17(23)20-14-7-5-4-6-12(14)16(22)19-9-8-18;/h4-7,10H,8-9,18H2,1-3H3,(H,19,22)(H,20,23);1H. The van der Waals surface area contributed by atoms with Crippen molar-refractivity contribution < 1.29 is 22.4 Å². The highest BCUT2D eigenvalue weighted by Crippen LogP contribution is 2.23. The number of nitrogens with one attached hydrogen (secondary N) is 2. The molecule has 0 aliphatic carbocycles. The van der Waals surface area contributed by atoms with E-state index in [4.69, 9.17) is 10.2 Å². The maximum Gasteiger partial charge on any atom is 0.275 e. The number of sulfonamides is 1. The van der Waals surface area contributed by atoms with Gasteiger partial charge in [0, 0.05) is 33.3 Å². The molecule has 4 N–H and O–H groups in total. The van der Waals surface area contributed by atoms with Crippen LogP contribution in [0.3, 0.4) is 0 Å². The summed E-state index contributed by atoms with van der Waals surface area (Å²) in [6.45, 7) is 2.08. The Morgan fingerprint density at radius 3 is 2.39 bits per heavy atom. The molecule has 2 rings (SSSR count). The number of hydrogen-bond acceptors (Lipinski definition) is 6. The molecule has 1 aromatic carbocycles. The second-order valence-corrected chi connectivity index (χ2v) is 7.95. The number of hydrogen-bond donors (Lipinski definition) is 3. The Bertz CT molecular complexity index is 956. The van der Waals surface area contributed by atoms with Crippen LogP contribution in [0, 0.1) is 6.92 Å². The Hall–Kier alpha value is -2.40. The zero-order valence-electron chi connectivity index (χ0n) is 15.7. The van der Waals surface area contributed by atoms with Crippen molar-refractivity contribution in [3.8, 4) is 0 Å². The molecular formula is C17H23ClN4O5S. The number of carbonyl (C=O) groups is 2. The Kier molecular flexibility index (Phi) is 8.18. The highest BCUT2D eigenvalue weighted by molar-refractivity contribution is 7.88. The summed E-state index contributed by atoms with van der Waals surface area (Å²) in [4.78, 5) is 24.8. The van der Waals surface area contributed by atoms with Gasteiger partial charge in [-0.15, -0.1) is 12.4 Å². The van der Waals surface area contributed by atoms with Gasteiger partial charge in [-0.2, -0.15) is 0 Å². The van der Waals surface area contributed by atoms with Crippen LogP contribution in [0.2, 0.25) is 0 Å². The van der Waals surface area contributed by atoms with E-state index in [0.717, 1.165) is 10.4 Å². The van der Waals surface area contributed by atoms with Crippen molar-refractivity contribution in [1.82, 2.24) is 9.62 Å². The summed E-state index contributed by atoms with van der Waals surface area (Å²) in [5, 5.41) is 4.92. The summed E-state index contributed by atoms with van der Waals surface area (Å²) < 4.78 is 30.6. The molecule has 0 atom stereocenters. The summed E-state index contributed by atoms with van der Waals surface area (Å²) in [6, 6.07) is 7.63. The van der Waals surface area contributed by atoms with E-state index in [-0.39, 0.29) is 52.5 Å². The van der Waals surface area contributed by atoms with E-state index in [2.05, 4.69) is 10.6 Å². The first kappa shape index (κ1) is 23.6. The predicted octanol–water partition coefficient (Wildman–Crippen LogP) is 1.20. The zero-order valence-corrected chi connectivity index (χ0v) is 17.3. The minimum atomic E-state index is -3.81. The number of carbonyl (C=O) groups excluding carboxylic acids is 2. The number of halogens is 1. The fraction of sp³-hybridized carbons (Fsp3) is 0.294. The van der Waals surface area contributed by atoms with Gasteiger partial charge < -0.3 is 20.8 Å². The molecule has 9 nitrogen and oxygen atoms in total. The molecule has 2 amide bonds. The van der Waals surface area contributed by atoms with E-state index in [1.807, 2.05) is 0 Å². The second kappa shape index (κ2) is 9.69. The normalized spacial score (nSPS) is 11.0. The van der Waals surface area contributed by atoms with E-state index < -0.39 is 15.9 Å². The van der Waals surface area contributed by atoms with Gasteiger partial charge >= 0.3 is 0 Å². The number of rotatable bonds is 7. The molecular weight excluding hydrogens is 408 g/mol. The molecule has 1 aromatic heterocycles. The predicted molar refractivity (Wildman–Crippen MR) is 107 cm³/mol. The quantitative estimate of drug-likeness (QED) is 0.604. The molecule has 0 unspecified atom stereocenters. The van der Waals surface area contributed by atoms with Gasteiger partial charge in [0.05, 0.1) is 16.8 Å². The monoisotopic (exact) mass is 430 g/mol. The van der Waals surface area contributed by atoms with Crippen LogP contribution in [0.25, 0.3) is 0 Å². The van der Waals surface area contributed by atoms with Crippen LogP contribution in [0.5, 0.6) is 0 Å². The molecule has 0 aliphatic rings. The molecule has 11 heteroatoms. The van der Waals surface area contributed by atoms with Gasteiger partial charge in [0.2, 0.25) is 5.09 Å². The number of aryl methyl sites for hydroxylation is 1. The molecule has 0 saturated carbocycles. The lowest BCUT2D eigenvalue weighted by molar-refractivity contribution is 0.0955. The first-order chi connectivity index (χ1) is 12.7. The SMILES string of the molecule is Cc1oc(S(=O)(=O)N(C)C)cc1C(=O)Nc1ccccc1C(=O)NCCN.Cl. The van der Waals surface area contributed by atoms with E-state index in [0.29, 0.717) is 6.54 Å². The average Bonchev–Trinajstić information content (AvgIpc) is 3.02. The van der Waals surface area contributed by atoms with E-state index >= 15 is 0 Å². The number of nitrogens with two attached hydrogens (primary N) is 1. The number of furan rings is 1. The topological polar surface area (TPSA) is 135 Å². The van der Waals surface area contributed by atoms with Crippen LogP contribution in [-0.2, 0) is 10.0 Å². The van der Waals surface area contributed by atoms with Gasteiger partial charge in [-0.05, 0) is 19.1 Å². The summed E-state index contributed by atoms with van der Waals surface area (Å²) in [5.74, 6) is -0.815. The molecule has 1 heterocycles. The fourth-order valence-corrected chi connectivity index (χ4v) is 3.10. The Morgan fingerprint density at radius 2 is 1.79 bits per heavy atom. The molecule has 2 aromatic rings. The van der Waals surface area contributed by atoms with Gasteiger partial charge in [0.25, 0.3) is 21.8 Å². The third-order valence-corrected chi connectivity index (χ3v) is 5.40. The maximum atomic E-state index is 12.6. The second-order valence-electron chi connectivity index (χ2n) is 5.87. The van der Waals surface area contributed by atoms with Gasteiger partial charge in [-0.25, -0.2) is 12.7 Å². The largest absolute Gasteiger partial charge is 0.448 e. The van der Waals surface area contributed by atoms with E-state index in [1.165, 1.54) is 21.0 Å².